The second-order valence-electron chi connectivity index (χ2n) is 3.43. The average molecular weight is 189 g/mol. The van der Waals surface area contributed by atoms with Crippen LogP contribution in [0.15, 0.2) is 0 Å². The van der Waals surface area contributed by atoms with Crippen molar-refractivity contribution in [3.63, 3.8) is 0 Å². The molecule has 0 aliphatic carbocycles. The highest BCUT2D eigenvalue weighted by Crippen LogP contribution is 1.87. The summed E-state index contributed by atoms with van der Waals surface area (Å²) in [6.45, 7) is 11.4. The van der Waals surface area contributed by atoms with Crippen molar-refractivity contribution in [3.8, 4) is 0 Å². The predicted molar refractivity (Wildman–Crippen MR) is 55.0 cm³/mol. The van der Waals surface area contributed by atoms with Crippen LogP contribution >= 0.6 is 0 Å². The molecule has 1 atom stereocenters. The minimum Gasteiger partial charge on any atom is -0.380 e. The van der Waals surface area contributed by atoms with E-state index in [0.717, 1.165) is 26.4 Å². The van der Waals surface area contributed by atoms with E-state index in [1.54, 1.807) is 0 Å². The minimum absolute atomic E-state index is 0.323. The van der Waals surface area contributed by atoms with E-state index >= 15 is 0 Å². The summed E-state index contributed by atoms with van der Waals surface area (Å²) in [6.07, 6.45) is 0.323. The quantitative estimate of drug-likeness (QED) is 0.586. The Morgan fingerprint density at radius 3 is 2.46 bits per heavy atom. The van der Waals surface area contributed by atoms with E-state index in [4.69, 9.17) is 9.47 Å². The number of rotatable bonds is 8. The first-order valence-electron chi connectivity index (χ1n) is 5.09. The Hall–Kier alpha value is -0.120. The monoisotopic (exact) mass is 189 g/mol. The Labute approximate surface area is 81.8 Å². The van der Waals surface area contributed by atoms with Crippen molar-refractivity contribution in [2.45, 2.75) is 39.8 Å². The van der Waals surface area contributed by atoms with Crippen LogP contribution in [0.3, 0.4) is 0 Å². The molecule has 0 aliphatic heterocycles. The molecule has 0 aliphatic rings. The van der Waals surface area contributed by atoms with Gasteiger partial charge in [-0.05, 0) is 27.7 Å². The van der Waals surface area contributed by atoms with Crippen molar-refractivity contribution in [3.05, 3.63) is 0 Å². The Morgan fingerprint density at radius 1 is 1.23 bits per heavy atom. The van der Waals surface area contributed by atoms with Gasteiger partial charge in [0.05, 0.1) is 19.3 Å². The van der Waals surface area contributed by atoms with Crippen LogP contribution in [0.2, 0.25) is 0 Å². The highest BCUT2D eigenvalue weighted by Gasteiger charge is 1.99. The van der Waals surface area contributed by atoms with Gasteiger partial charge in [0.15, 0.2) is 0 Å². The van der Waals surface area contributed by atoms with E-state index in [0.29, 0.717) is 12.1 Å². The Morgan fingerprint density at radius 2 is 1.92 bits per heavy atom. The highest BCUT2D eigenvalue weighted by atomic mass is 16.5. The molecule has 0 saturated carbocycles. The van der Waals surface area contributed by atoms with Crippen molar-refractivity contribution < 1.29 is 9.47 Å². The molecule has 3 heteroatoms. The van der Waals surface area contributed by atoms with Crippen LogP contribution in [0, 0.1) is 0 Å². The van der Waals surface area contributed by atoms with Gasteiger partial charge in [0.25, 0.3) is 0 Å². The maximum absolute atomic E-state index is 5.39. The van der Waals surface area contributed by atoms with Crippen LogP contribution in [0.1, 0.15) is 27.7 Å². The number of ether oxygens (including phenoxy) is 2. The van der Waals surface area contributed by atoms with Gasteiger partial charge in [-0.2, -0.15) is 0 Å². The van der Waals surface area contributed by atoms with Crippen molar-refractivity contribution in [1.82, 2.24) is 5.32 Å². The second-order valence-corrected chi connectivity index (χ2v) is 3.43. The molecule has 0 aromatic carbocycles. The summed E-state index contributed by atoms with van der Waals surface area (Å²) in [6, 6.07) is 0.413. The molecule has 0 saturated heterocycles. The lowest BCUT2D eigenvalue weighted by molar-refractivity contribution is 0.0746. The van der Waals surface area contributed by atoms with Crippen molar-refractivity contribution in [2.75, 3.05) is 26.4 Å². The molecular formula is C10H23NO2. The van der Waals surface area contributed by atoms with Gasteiger partial charge < -0.3 is 14.8 Å². The average Bonchev–Trinajstić information content (AvgIpc) is 2.08. The van der Waals surface area contributed by atoms with Gasteiger partial charge >= 0.3 is 0 Å². The minimum atomic E-state index is 0.323. The molecule has 0 amide bonds. The lowest BCUT2D eigenvalue weighted by Crippen LogP contribution is -2.33. The third-order valence-corrected chi connectivity index (χ3v) is 1.62. The van der Waals surface area contributed by atoms with Gasteiger partial charge in [-0.25, -0.2) is 0 Å². The fraction of sp³-hybridized carbons (Fsp3) is 1.00. The van der Waals surface area contributed by atoms with E-state index in [1.807, 2.05) is 20.8 Å². The third kappa shape index (κ3) is 9.80. The maximum Gasteiger partial charge on any atom is 0.0616 e. The summed E-state index contributed by atoms with van der Waals surface area (Å²) >= 11 is 0. The molecule has 0 aromatic rings. The normalized spacial score (nSPS) is 13.6. The van der Waals surface area contributed by atoms with Crippen molar-refractivity contribution in [2.24, 2.45) is 0 Å². The van der Waals surface area contributed by atoms with E-state index in [1.165, 1.54) is 0 Å². The van der Waals surface area contributed by atoms with Crippen molar-refractivity contribution >= 4 is 0 Å². The fourth-order valence-corrected chi connectivity index (χ4v) is 0.954. The summed E-state index contributed by atoms with van der Waals surface area (Å²) in [5.41, 5.74) is 0. The summed E-state index contributed by atoms with van der Waals surface area (Å²) in [5.74, 6) is 0. The van der Waals surface area contributed by atoms with Crippen molar-refractivity contribution in [1.29, 1.82) is 0 Å². The maximum atomic E-state index is 5.39. The van der Waals surface area contributed by atoms with Crippen LogP contribution in [0.25, 0.3) is 0 Å². The highest BCUT2D eigenvalue weighted by molar-refractivity contribution is 4.58. The zero-order valence-electron chi connectivity index (χ0n) is 9.30. The van der Waals surface area contributed by atoms with E-state index in [2.05, 4.69) is 12.2 Å². The van der Waals surface area contributed by atoms with Crippen LogP contribution in [-0.4, -0.2) is 38.5 Å². The largest absolute Gasteiger partial charge is 0.380 e. The van der Waals surface area contributed by atoms with Gasteiger partial charge in [-0.15, -0.1) is 0 Å². The van der Waals surface area contributed by atoms with Crippen LogP contribution < -0.4 is 5.32 Å². The van der Waals surface area contributed by atoms with E-state index in [-0.39, 0.29) is 0 Å². The second kappa shape index (κ2) is 8.48. The Kier molecular flexibility index (Phi) is 8.40. The lowest BCUT2D eigenvalue weighted by atomic mass is 10.3. The molecule has 0 heterocycles. The standard InChI is InChI=1S/C10H23NO2/c1-5-12-8-10(4)11-6-7-13-9(2)3/h9-11H,5-8H2,1-4H3. The first-order valence-corrected chi connectivity index (χ1v) is 5.09. The van der Waals surface area contributed by atoms with Gasteiger partial charge in [0, 0.05) is 19.2 Å². The van der Waals surface area contributed by atoms with E-state index < -0.39 is 0 Å². The topological polar surface area (TPSA) is 30.5 Å². The number of nitrogens with one attached hydrogen (secondary N) is 1. The smallest absolute Gasteiger partial charge is 0.0616 e. The molecule has 3 nitrogen and oxygen atoms in total. The zero-order valence-corrected chi connectivity index (χ0v) is 9.30. The molecule has 1 unspecified atom stereocenters. The van der Waals surface area contributed by atoms with Crippen LogP contribution in [-0.2, 0) is 9.47 Å². The number of hydrogen-bond donors (Lipinski definition) is 1. The first kappa shape index (κ1) is 12.9. The summed E-state index contributed by atoms with van der Waals surface area (Å²) in [7, 11) is 0. The predicted octanol–water partition coefficient (Wildman–Crippen LogP) is 1.43. The van der Waals surface area contributed by atoms with Gasteiger partial charge in [0.1, 0.15) is 0 Å². The Bertz CT molecular complexity index is 107. The van der Waals surface area contributed by atoms with Crippen LogP contribution in [0.4, 0.5) is 0 Å². The molecule has 13 heavy (non-hydrogen) atoms. The summed E-state index contributed by atoms with van der Waals surface area (Å²) in [5, 5.41) is 3.32. The molecule has 0 fully saturated rings. The van der Waals surface area contributed by atoms with Gasteiger partial charge in [0.2, 0.25) is 0 Å². The molecular weight excluding hydrogens is 166 g/mol. The molecule has 0 radical (unpaired) electrons. The van der Waals surface area contributed by atoms with Gasteiger partial charge in [-0.3, -0.25) is 0 Å². The fourth-order valence-electron chi connectivity index (χ4n) is 0.954. The Balaban J connectivity index is 3.12. The molecule has 0 spiro atoms. The molecule has 0 aromatic heterocycles. The van der Waals surface area contributed by atoms with Crippen LogP contribution in [0.5, 0.6) is 0 Å². The zero-order chi connectivity index (χ0) is 10.1. The van der Waals surface area contributed by atoms with E-state index in [9.17, 15) is 0 Å². The molecule has 80 valence electrons. The number of hydrogen-bond acceptors (Lipinski definition) is 3. The summed E-state index contributed by atoms with van der Waals surface area (Å²) < 4.78 is 10.7. The SMILES string of the molecule is CCOCC(C)NCCOC(C)C. The third-order valence-electron chi connectivity index (χ3n) is 1.62. The molecule has 1 N–H and O–H groups in total. The molecule has 0 rings (SSSR count). The van der Waals surface area contributed by atoms with Gasteiger partial charge in [-0.1, -0.05) is 0 Å². The first-order chi connectivity index (χ1) is 6.16. The molecule has 0 bridgehead atoms. The summed E-state index contributed by atoms with van der Waals surface area (Å²) in [4.78, 5) is 0. The lowest BCUT2D eigenvalue weighted by Gasteiger charge is -2.14.